The molecular weight excluding hydrogens is 474 g/mol. The predicted octanol–water partition coefficient (Wildman–Crippen LogP) is 2.03. The maximum atomic E-state index is 11.4. The summed E-state index contributed by atoms with van der Waals surface area (Å²) in [7, 11) is -9.20. The lowest BCUT2D eigenvalue weighted by Crippen LogP contribution is -2.33. The molecule has 0 aliphatic carbocycles. The highest BCUT2D eigenvalue weighted by Crippen LogP contribution is 2.18. The molecule has 0 aromatic heterocycles. The summed E-state index contributed by atoms with van der Waals surface area (Å²) in [6, 6.07) is -0.0615. The van der Waals surface area contributed by atoms with E-state index in [0.29, 0.717) is 6.42 Å². The SMILES string of the molecule is CC#CCS(=O)(=O)NC(C)C.CC(C)NS(=O)(=O)CCC(C)(C)C.CC(C)NS(C)(=O)=O. The first-order valence-electron chi connectivity index (χ1n) is 10.4. The maximum Gasteiger partial charge on any atom is 0.223 e. The van der Waals surface area contributed by atoms with Gasteiger partial charge in [0.25, 0.3) is 0 Å². The van der Waals surface area contributed by atoms with Crippen molar-refractivity contribution in [3.63, 3.8) is 0 Å². The van der Waals surface area contributed by atoms with Crippen molar-refractivity contribution in [1.29, 1.82) is 0 Å². The van der Waals surface area contributed by atoms with Gasteiger partial charge in [0.05, 0.1) is 12.0 Å². The lowest BCUT2D eigenvalue weighted by atomic mass is 9.94. The summed E-state index contributed by atoms with van der Waals surface area (Å²) in [4.78, 5) is 0. The molecule has 194 valence electrons. The smallest absolute Gasteiger partial charge is 0.213 e. The normalized spacial score (nSPS) is 12.4. The van der Waals surface area contributed by atoms with Gasteiger partial charge in [-0.15, -0.1) is 5.92 Å². The summed E-state index contributed by atoms with van der Waals surface area (Å²) in [5.74, 6) is 5.13. The molecule has 12 heteroatoms. The quantitative estimate of drug-likeness (QED) is 0.398. The summed E-state index contributed by atoms with van der Waals surface area (Å²) in [5, 5.41) is 0. The van der Waals surface area contributed by atoms with Gasteiger partial charge in [-0.05, 0) is 60.3 Å². The summed E-state index contributed by atoms with van der Waals surface area (Å²) in [5.41, 5.74) is 0.0751. The first-order chi connectivity index (χ1) is 14.0. The highest BCUT2D eigenvalue weighted by Gasteiger charge is 2.17. The van der Waals surface area contributed by atoms with Crippen LogP contribution < -0.4 is 14.2 Å². The zero-order valence-electron chi connectivity index (χ0n) is 21.5. The van der Waals surface area contributed by atoms with E-state index in [4.69, 9.17) is 0 Å². The second-order valence-corrected chi connectivity index (χ2v) is 14.8. The third-order valence-corrected chi connectivity index (χ3v) is 6.67. The molecule has 0 radical (unpaired) electrons. The molecule has 0 saturated heterocycles. The Balaban J connectivity index is -0.000000406. The fraction of sp³-hybridized carbons (Fsp3) is 0.900. The van der Waals surface area contributed by atoms with E-state index in [1.54, 1.807) is 34.6 Å². The lowest BCUT2D eigenvalue weighted by Gasteiger charge is -2.18. The molecule has 0 spiro atoms. The Morgan fingerprint density at radius 1 is 0.719 bits per heavy atom. The molecule has 0 atom stereocenters. The second-order valence-electron chi connectivity index (χ2n) is 9.41. The van der Waals surface area contributed by atoms with Crippen LogP contribution in [-0.4, -0.2) is 61.1 Å². The number of sulfonamides is 3. The van der Waals surface area contributed by atoms with E-state index in [1.165, 1.54) is 0 Å². The molecular formula is C20H45N3O6S3. The van der Waals surface area contributed by atoms with Crippen molar-refractivity contribution in [1.82, 2.24) is 14.2 Å². The van der Waals surface area contributed by atoms with E-state index in [0.717, 1.165) is 6.26 Å². The molecule has 0 saturated carbocycles. The van der Waals surface area contributed by atoms with Crippen LogP contribution in [0.15, 0.2) is 0 Å². The zero-order valence-corrected chi connectivity index (χ0v) is 24.0. The maximum absolute atomic E-state index is 11.4. The van der Waals surface area contributed by atoms with Crippen molar-refractivity contribution in [3.05, 3.63) is 0 Å². The molecule has 0 amide bonds. The van der Waals surface area contributed by atoms with Crippen molar-refractivity contribution in [2.24, 2.45) is 5.41 Å². The van der Waals surface area contributed by atoms with Crippen molar-refractivity contribution in [3.8, 4) is 11.8 Å². The van der Waals surface area contributed by atoms with E-state index < -0.39 is 30.1 Å². The van der Waals surface area contributed by atoms with Crippen molar-refractivity contribution in [2.75, 3.05) is 17.8 Å². The van der Waals surface area contributed by atoms with Crippen LogP contribution in [0.5, 0.6) is 0 Å². The lowest BCUT2D eigenvalue weighted by molar-refractivity contribution is 0.396. The summed E-state index contributed by atoms with van der Waals surface area (Å²) in [6.45, 7) is 18.5. The molecule has 0 aromatic rings. The van der Waals surface area contributed by atoms with Crippen LogP contribution in [0.1, 0.15) is 75.7 Å². The first-order valence-corrected chi connectivity index (χ1v) is 15.6. The molecule has 0 unspecified atom stereocenters. The van der Waals surface area contributed by atoms with E-state index in [1.807, 2.05) is 34.6 Å². The van der Waals surface area contributed by atoms with Gasteiger partial charge in [-0.25, -0.2) is 39.4 Å². The van der Waals surface area contributed by atoms with Gasteiger partial charge in [-0.3, -0.25) is 0 Å². The number of nitrogens with one attached hydrogen (secondary N) is 3. The Labute approximate surface area is 198 Å². The molecule has 0 aliphatic rings. The number of rotatable bonds is 9. The minimum atomic E-state index is -3.17. The molecule has 0 aliphatic heterocycles. The molecule has 0 bridgehead atoms. The second kappa shape index (κ2) is 16.0. The largest absolute Gasteiger partial charge is 0.223 e. The molecule has 32 heavy (non-hydrogen) atoms. The molecule has 0 rings (SSSR count). The Hall–Kier alpha value is -0.710. The Morgan fingerprint density at radius 2 is 1.09 bits per heavy atom. The van der Waals surface area contributed by atoms with Crippen molar-refractivity contribution < 1.29 is 25.3 Å². The van der Waals surface area contributed by atoms with Crippen LogP contribution in [-0.2, 0) is 30.1 Å². The van der Waals surface area contributed by atoms with Gasteiger partial charge in [-0.2, -0.15) is 0 Å². The van der Waals surface area contributed by atoms with Crippen LogP contribution >= 0.6 is 0 Å². The van der Waals surface area contributed by atoms with Gasteiger partial charge in [0.2, 0.25) is 30.1 Å². The van der Waals surface area contributed by atoms with Gasteiger partial charge in [0, 0.05) is 18.1 Å². The van der Waals surface area contributed by atoms with Crippen LogP contribution in [0, 0.1) is 17.3 Å². The van der Waals surface area contributed by atoms with Crippen LogP contribution in [0.25, 0.3) is 0 Å². The Morgan fingerprint density at radius 3 is 1.34 bits per heavy atom. The minimum Gasteiger partial charge on any atom is -0.213 e. The molecule has 9 nitrogen and oxygen atoms in total. The Kier molecular flexibility index (Phi) is 17.9. The zero-order chi connectivity index (χ0) is 26.4. The van der Waals surface area contributed by atoms with E-state index in [9.17, 15) is 25.3 Å². The highest BCUT2D eigenvalue weighted by atomic mass is 32.2. The molecule has 0 fully saturated rings. The highest BCUT2D eigenvalue weighted by molar-refractivity contribution is 7.90. The molecule has 3 N–H and O–H groups in total. The monoisotopic (exact) mass is 519 g/mol. The van der Waals surface area contributed by atoms with E-state index >= 15 is 0 Å². The minimum absolute atomic E-state index is 0.00463. The first kappa shape index (κ1) is 35.9. The fourth-order valence-electron chi connectivity index (χ4n) is 1.85. The average molecular weight is 520 g/mol. The van der Waals surface area contributed by atoms with E-state index in [-0.39, 0.29) is 35.0 Å². The fourth-order valence-corrected chi connectivity index (χ4v) is 5.56. The molecule has 0 heterocycles. The average Bonchev–Trinajstić information content (AvgIpc) is 2.47. The standard InChI is InChI=1S/C9H21NO2S.C7H13NO2S.C4H11NO2S/c1-8(2)10-13(11,12)7-6-9(3,4)5;1-4-5-6-11(9,10)8-7(2)3;1-4(2)5-8(3,6)7/h8,10H,6-7H2,1-5H3;7-8H,6H2,1-3H3;4-5H,1-3H3. The summed E-state index contributed by atoms with van der Waals surface area (Å²) < 4.78 is 72.7. The van der Waals surface area contributed by atoms with E-state index in [2.05, 4.69) is 26.0 Å². The van der Waals surface area contributed by atoms with Gasteiger partial charge in [0.15, 0.2) is 0 Å². The van der Waals surface area contributed by atoms with Gasteiger partial charge in [0.1, 0.15) is 5.75 Å². The summed E-state index contributed by atoms with van der Waals surface area (Å²) >= 11 is 0. The van der Waals surface area contributed by atoms with Gasteiger partial charge < -0.3 is 0 Å². The van der Waals surface area contributed by atoms with Crippen LogP contribution in [0.3, 0.4) is 0 Å². The van der Waals surface area contributed by atoms with Gasteiger partial charge in [-0.1, -0.05) is 26.7 Å². The summed E-state index contributed by atoms with van der Waals surface area (Å²) in [6.07, 6.45) is 1.84. The van der Waals surface area contributed by atoms with Crippen LogP contribution in [0.2, 0.25) is 0 Å². The third-order valence-electron chi connectivity index (χ3n) is 2.84. The van der Waals surface area contributed by atoms with Crippen molar-refractivity contribution >= 4 is 30.1 Å². The van der Waals surface area contributed by atoms with Gasteiger partial charge >= 0.3 is 0 Å². The predicted molar refractivity (Wildman–Crippen MR) is 135 cm³/mol. The number of hydrogen-bond donors (Lipinski definition) is 3. The van der Waals surface area contributed by atoms with Crippen LogP contribution in [0.4, 0.5) is 0 Å². The van der Waals surface area contributed by atoms with Crippen molar-refractivity contribution in [2.45, 2.75) is 93.8 Å². The molecule has 0 aromatic carbocycles. The number of hydrogen-bond acceptors (Lipinski definition) is 6. The Bertz CT molecular complexity index is 875. The third kappa shape index (κ3) is 33.9. The topological polar surface area (TPSA) is 139 Å².